The number of aromatic nitrogens is 3. The van der Waals surface area contributed by atoms with E-state index >= 15 is 0 Å². The van der Waals surface area contributed by atoms with E-state index in [9.17, 15) is 0 Å². The molecule has 3 rings (SSSR count). The van der Waals surface area contributed by atoms with E-state index in [-0.39, 0.29) is 0 Å². The van der Waals surface area contributed by atoms with Crippen molar-refractivity contribution in [2.75, 3.05) is 18.0 Å². The van der Waals surface area contributed by atoms with Crippen LogP contribution in [0.5, 0.6) is 0 Å². The third kappa shape index (κ3) is 2.97. The minimum atomic E-state index is 0.497. The van der Waals surface area contributed by atoms with Crippen LogP contribution in [0.2, 0.25) is 0 Å². The molecule has 0 spiro atoms. The molecular weight excluding hydrogens is 250 g/mol. The number of rotatable bonds is 2. The van der Waals surface area contributed by atoms with Crippen LogP contribution in [-0.2, 0) is 0 Å². The lowest BCUT2D eigenvalue weighted by Crippen LogP contribution is -2.54. The highest BCUT2D eigenvalue weighted by Gasteiger charge is 2.26. The second-order valence-electron chi connectivity index (χ2n) is 6.85. The van der Waals surface area contributed by atoms with E-state index in [1.165, 1.54) is 25.7 Å². The third-order valence-electron chi connectivity index (χ3n) is 4.73. The molecule has 0 radical (unpaired) electrons. The first-order valence-corrected chi connectivity index (χ1v) is 8.05. The standard InChI is InChI=1S/C15H27N5/c1-10-4-6-13(7-5-10)14-17-15(19-18-14)20-8-11(2)16-12(3)9-20/h10-13,16H,4-9H2,1-3H3,(H,17,18,19). The summed E-state index contributed by atoms with van der Waals surface area (Å²) in [6, 6.07) is 0.993. The SMILES string of the molecule is CC1CCC(c2nc(N3CC(C)NC(C)C3)n[nH]2)CC1. The van der Waals surface area contributed by atoms with Gasteiger partial charge in [0, 0.05) is 31.1 Å². The number of H-pyrrole nitrogens is 1. The molecule has 2 aliphatic rings. The number of anilines is 1. The molecule has 1 saturated carbocycles. The lowest BCUT2D eigenvalue weighted by atomic mass is 9.83. The summed E-state index contributed by atoms with van der Waals surface area (Å²) in [4.78, 5) is 7.09. The average molecular weight is 277 g/mol. The maximum atomic E-state index is 4.78. The van der Waals surface area contributed by atoms with Gasteiger partial charge in [0.05, 0.1) is 0 Å². The minimum absolute atomic E-state index is 0.497. The van der Waals surface area contributed by atoms with Gasteiger partial charge in [-0.1, -0.05) is 19.8 Å². The number of hydrogen-bond donors (Lipinski definition) is 2. The van der Waals surface area contributed by atoms with Gasteiger partial charge in [0.25, 0.3) is 0 Å². The maximum Gasteiger partial charge on any atom is 0.244 e. The van der Waals surface area contributed by atoms with Crippen molar-refractivity contribution in [2.24, 2.45) is 5.92 Å². The summed E-state index contributed by atoms with van der Waals surface area (Å²) in [5.74, 6) is 3.46. The number of aromatic amines is 1. The lowest BCUT2D eigenvalue weighted by Gasteiger charge is -2.35. The molecule has 20 heavy (non-hydrogen) atoms. The van der Waals surface area contributed by atoms with Crippen LogP contribution in [-0.4, -0.2) is 40.4 Å². The van der Waals surface area contributed by atoms with Crippen molar-refractivity contribution < 1.29 is 0 Å². The van der Waals surface area contributed by atoms with E-state index < -0.39 is 0 Å². The summed E-state index contributed by atoms with van der Waals surface area (Å²) >= 11 is 0. The molecule has 1 aromatic heterocycles. The zero-order valence-electron chi connectivity index (χ0n) is 12.9. The molecule has 0 bridgehead atoms. The van der Waals surface area contributed by atoms with Crippen molar-refractivity contribution in [2.45, 2.75) is 64.5 Å². The Kier molecular flexibility index (Phi) is 3.96. The molecular formula is C15H27N5. The second kappa shape index (κ2) is 5.72. The van der Waals surface area contributed by atoms with E-state index in [4.69, 9.17) is 4.98 Å². The largest absolute Gasteiger partial charge is 0.336 e. The van der Waals surface area contributed by atoms with Gasteiger partial charge in [0.15, 0.2) is 0 Å². The van der Waals surface area contributed by atoms with E-state index in [2.05, 4.69) is 41.2 Å². The Morgan fingerprint density at radius 3 is 2.30 bits per heavy atom. The van der Waals surface area contributed by atoms with Crippen LogP contribution in [0.25, 0.3) is 0 Å². The maximum absolute atomic E-state index is 4.78. The van der Waals surface area contributed by atoms with Crippen LogP contribution in [0.1, 0.15) is 58.2 Å². The van der Waals surface area contributed by atoms with Gasteiger partial charge in [-0.3, -0.25) is 5.10 Å². The fourth-order valence-electron chi connectivity index (χ4n) is 3.61. The van der Waals surface area contributed by atoms with Crippen molar-refractivity contribution >= 4 is 5.95 Å². The number of nitrogens with zero attached hydrogens (tertiary/aromatic N) is 3. The van der Waals surface area contributed by atoms with E-state index in [1.54, 1.807) is 0 Å². The van der Waals surface area contributed by atoms with Gasteiger partial charge in [-0.15, -0.1) is 5.10 Å². The van der Waals surface area contributed by atoms with E-state index in [0.29, 0.717) is 18.0 Å². The molecule has 5 nitrogen and oxygen atoms in total. The van der Waals surface area contributed by atoms with Crippen molar-refractivity contribution in [3.05, 3.63) is 5.82 Å². The predicted octanol–water partition coefficient (Wildman–Crippen LogP) is 2.29. The molecule has 0 aromatic carbocycles. The summed E-state index contributed by atoms with van der Waals surface area (Å²) in [5, 5.41) is 11.2. The molecule has 1 aliphatic heterocycles. The molecule has 2 N–H and O–H groups in total. The first-order chi connectivity index (χ1) is 9.61. The molecule has 2 heterocycles. The smallest absolute Gasteiger partial charge is 0.244 e. The molecule has 2 unspecified atom stereocenters. The molecule has 2 fully saturated rings. The van der Waals surface area contributed by atoms with E-state index in [0.717, 1.165) is 30.8 Å². The van der Waals surface area contributed by atoms with Crippen molar-refractivity contribution in [1.29, 1.82) is 0 Å². The van der Waals surface area contributed by atoms with Gasteiger partial charge in [0.1, 0.15) is 5.82 Å². The molecule has 0 amide bonds. The fraction of sp³-hybridized carbons (Fsp3) is 0.867. The topological polar surface area (TPSA) is 56.8 Å². The summed E-state index contributed by atoms with van der Waals surface area (Å²) in [7, 11) is 0. The summed E-state index contributed by atoms with van der Waals surface area (Å²) in [5.41, 5.74) is 0. The number of piperazine rings is 1. The molecule has 112 valence electrons. The predicted molar refractivity (Wildman–Crippen MR) is 81.0 cm³/mol. The van der Waals surface area contributed by atoms with Gasteiger partial charge in [0.2, 0.25) is 5.95 Å². The van der Waals surface area contributed by atoms with Gasteiger partial charge in [-0.05, 0) is 32.6 Å². The quantitative estimate of drug-likeness (QED) is 0.871. The number of nitrogens with one attached hydrogen (secondary N) is 2. The Hall–Kier alpha value is -1.10. The Bertz CT molecular complexity index is 425. The first-order valence-electron chi connectivity index (χ1n) is 8.05. The first kappa shape index (κ1) is 13.9. The second-order valence-corrected chi connectivity index (χ2v) is 6.85. The molecule has 1 aliphatic carbocycles. The Labute approximate surface area is 121 Å². The van der Waals surface area contributed by atoms with Crippen molar-refractivity contribution in [3.8, 4) is 0 Å². The summed E-state index contributed by atoms with van der Waals surface area (Å²) < 4.78 is 0. The lowest BCUT2D eigenvalue weighted by molar-refractivity contribution is 0.340. The van der Waals surface area contributed by atoms with Gasteiger partial charge in [-0.2, -0.15) is 4.98 Å². The summed E-state index contributed by atoms with van der Waals surface area (Å²) in [6.07, 6.45) is 5.15. The average Bonchev–Trinajstić information content (AvgIpc) is 2.88. The molecule has 5 heteroatoms. The van der Waals surface area contributed by atoms with Crippen molar-refractivity contribution in [3.63, 3.8) is 0 Å². The highest BCUT2D eigenvalue weighted by Crippen LogP contribution is 2.34. The van der Waals surface area contributed by atoms with Crippen LogP contribution in [0.4, 0.5) is 5.95 Å². The van der Waals surface area contributed by atoms with Crippen LogP contribution < -0.4 is 10.2 Å². The normalized spacial score (nSPS) is 35.2. The van der Waals surface area contributed by atoms with Crippen LogP contribution in [0.15, 0.2) is 0 Å². The fourth-order valence-corrected chi connectivity index (χ4v) is 3.61. The Balaban J connectivity index is 1.67. The monoisotopic (exact) mass is 277 g/mol. The van der Waals surface area contributed by atoms with Gasteiger partial charge >= 0.3 is 0 Å². The zero-order chi connectivity index (χ0) is 14.1. The van der Waals surface area contributed by atoms with Crippen LogP contribution in [0.3, 0.4) is 0 Å². The highest BCUT2D eigenvalue weighted by molar-refractivity contribution is 5.31. The van der Waals surface area contributed by atoms with Crippen molar-refractivity contribution in [1.82, 2.24) is 20.5 Å². The zero-order valence-corrected chi connectivity index (χ0v) is 12.9. The van der Waals surface area contributed by atoms with Gasteiger partial charge in [-0.25, -0.2) is 0 Å². The summed E-state index contributed by atoms with van der Waals surface area (Å²) in [6.45, 7) is 8.77. The van der Waals surface area contributed by atoms with Crippen LogP contribution in [0, 0.1) is 5.92 Å². The van der Waals surface area contributed by atoms with E-state index in [1.807, 2.05) is 0 Å². The highest BCUT2D eigenvalue weighted by atomic mass is 15.4. The Morgan fingerprint density at radius 1 is 1.00 bits per heavy atom. The molecule has 1 aromatic rings. The minimum Gasteiger partial charge on any atom is -0.336 e. The number of hydrogen-bond acceptors (Lipinski definition) is 4. The Morgan fingerprint density at radius 2 is 1.65 bits per heavy atom. The third-order valence-corrected chi connectivity index (χ3v) is 4.73. The molecule has 1 saturated heterocycles. The van der Waals surface area contributed by atoms with Gasteiger partial charge < -0.3 is 10.2 Å². The molecule has 2 atom stereocenters. The van der Waals surface area contributed by atoms with Crippen LogP contribution >= 0.6 is 0 Å².